The van der Waals surface area contributed by atoms with E-state index in [1.807, 2.05) is 11.8 Å². The molecule has 19 heavy (non-hydrogen) atoms. The molecule has 4 heteroatoms. The van der Waals surface area contributed by atoms with Crippen LogP contribution in [-0.4, -0.2) is 28.1 Å². The van der Waals surface area contributed by atoms with Gasteiger partial charge in [-0.15, -0.1) is 0 Å². The predicted molar refractivity (Wildman–Crippen MR) is 85.1 cm³/mol. The highest BCUT2D eigenvalue weighted by Gasteiger charge is 2.18. The van der Waals surface area contributed by atoms with Gasteiger partial charge in [0.15, 0.2) is 0 Å². The first-order chi connectivity index (χ1) is 9.20. The molecular formula is C15H27N3S. The van der Waals surface area contributed by atoms with E-state index in [1.54, 1.807) is 0 Å². The Labute approximate surface area is 121 Å². The van der Waals surface area contributed by atoms with Crippen LogP contribution in [-0.2, 0) is 0 Å². The van der Waals surface area contributed by atoms with Gasteiger partial charge in [-0.25, -0.2) is 4.98 Å². The van der Waals surface area contributed by atoms with Crippen LogP contribution in [0, 0.1) is 12.8 Å². The highest BCUT2D eigenvalue weighted by atomic mass is 32.2. The van der Waals surface area contributed by atoms with Gasteiger partial charge in [-0.1, -0.05) is 26.2 Å². The zero-order valence-corrected chi connectivity index (χ0v) is 13.3. The summed E-state index contributed by atoms with van der Waals surface area (Å²) in [6.45, 7) is 5.41. The van der Waals surface area contributed by atoms with Crippen molar-refractivity contribution in [3.05, 3.63) is 11.9 Å². The summed E-state index contributed by atoms with van der Waals surface area (Å²) >= 11 is 1.92. The van der Waals surface area contributed by atoms with Crippen molar-refractivity contribution in [2.24, 2.45) is 5.92 Å². The molecular weight excluding hydrogens is 254 g/mol. The summed E-state index contributed by atoms with van der Waals surface area (Å²) < 4.78 is 2.39. The van der Waals surface area contributed by atoms with Crippen molar-refractivity contribution in [3.8, 4) is 0 Å². The van der Waals surface area contributed by atoms with Gasteiger partial charge in [-0.2, -0.15) is 11.8 Å². The summed E-state index contributed by atoms with van der Waals surface area (Å²) in [4.78, 5) is 4.66. The molecule has 1 saturated carbocycles. The normalized spacial score (nSPS) is 18.5. The second-order valence-electron chi connectivity index (χ2n) is 5.85. The molecule has 108 valence electrons. The number of imidazole rings is 1. The lowest BCUT2D eigenvalue weighted by molar-refractivity contribution is 0.355. The second-order valence-corrected chi connectivity index (χ2v) is 6.76. The fourth-order valence-corrected chi connectivity index (χ4v) is 3.58. The molecule has 1 aliphatic rings. The third-order valence-corrected chi connectivity index (χ3v) is 4.78. The van der Waals surface area contributed by atoms with Crippen molar-refractivity contribution in [1.29, 1.82) is 0 Å². The minimum absolute atomic E-state index is 0.660. The Bertz CT molecular complexity index is 383. The molecule has 0 spiro atoms. The second kappa shape index (κ2) is 7.22. The van der Waals surface area contributed by atoms with Crippen LogP contribution in [0.5, 0.6) is 0 Å². The van der Waals surface area contributed by atoms with Crippen LogP contribution in [0.15, 0.2) is 6.20 Å². The average molecular weight is 281 g/mol. The molecule has 1 aromatic heterocycles. The van der Waals surface area contributed by atoms with Crippen LogP contribution >= 0.6 is 11.8 Å². The summed E-state index contributed by atoms with van der Waals surface area (Å²) in [6.07, 6.45) is 11.1. The van der Waals surface area contributed by atoms with Gasteiger partial charge in [0.1, 0.15) is 0 Å². The maximum Gasteiger partial charge on any atom is 0.203 e. The van der Waals surface area contributed by atoms with E-state index in [4.69, 9.17) is 0 Å². The number of hydrogen-bond donors (Lipinski definition) is 1. The quantitative estimate of drug-likeness (QED) is 0.851. The first-order valence-corrected chi connectivity index (χ1v) is 8.88. The molecule has 1 unspecified atom stereocenters. The Kier molecular flexibility index (Phi) is 5.61. The molecule has 1 fully saturated rings. The highest BCUT2D eigenvalue weighted by Crippen LogP contribution is 2.30. The van der Waals surface area contributed by atoms with E-state index >= 15 is 0 Å². The Balaban J connectivity index is 1.99. The third-order valence-electron chi connectivity index (χ3n) is 3.88. The fraction of sp³-hybridized carbons (Fsp3) is 0.800. The van der Waals surface area contributed by atoms with Crippen molar-refractivity contribution in [1.82, 2.24) is 9.55 Å². The zero-order chi connectivity index (χ0) is 13.7. The number of aryl methyl sites for hydroxylation is 1. The number of thioether (sulfide) groups is 1. The molecule has 1 aliphatic carbocycles. The van der Waals surface area contributed by atoms with Gasteiger partial charge in [-0.05, 0) is 37.7 Å². The summed E-state index contributed by atoms with van der Waals surface area (Å²) in [5.41, 5.74) is 1.13. The zero-order valence-electron chi connectivity index (χ0n) is 12.5. The molecule has 1 N–H and O–H groups in total. The topological polar surface area (TPSA) is 29.9 Å². The van der Waals surface area contributed by atoms with Crippen molar-refractivity contribution in [2.75, 3.05) is 23.9 Å². The van der Waals surface area contributed by atoms with Gasteiger partial charge in [0.2, 0.25) is 5.95 Å². The largest absolute Gasteiger partial charge is 0.355 e. The molecule has 3 nitrogen and oxygen atoms in total. The molecule has 1 aromatic rings. The standard InChI is InChI=1S/C15H27N3S/c1-12(11-19-3)9-16-15-17-13(2)10-18(15)14-7-5-4-6-8-14/h10,12,14H,4-9,11H2,1-3H3,(H,16,17). The molecule has 1 atom stereocenters. The molecule has 2 rings (SSSR count). The van der Waals surface area contributed by atoms with E-state index < -0.39 is 0 Å². The van der Waals surface area contributed by atoms with Crippen molar-refractivity contribution in [3.63, 3.8) is 0 Å². The maximum absolute atomic E-state index is 4.66. The van der Waals surface area contributed by atoms with Gasteiger partial charge >= 0.3 is 0 Å². The monoisotopic (exact) mass is 281 g/mol. The van der Waals surface area contributed by atoms with Crippen LogP contribution in [0.25, 0.3) is 0 Å². The minimum atomic E-state index is 0.660. The minimum Gasteiger partial charge on any atom is -0.355 e. The van der Waals surface area contributed by atoms with Crippen LogP contribution in [0.3, 0.4) is 0 Å². The van der Waals surface area contributed by atoms with Crippen molar-refractivity contribution in [2.45, 2.75) is 52.0 Å². The molecule has 0 aromatic carbocycles. The summed E-state index contributed by atoms with van der Waals surface area (Å²) in [6, 6.07) is 0.660. The van der Waals surface area contributed by atoms with E-state index in [9.17, 15) is 0 Å². The lowest BCUT2D eigenvalue weighted by Gasteiger charge is -2.25. The predicted octanol–water partition coefficient (Wildman–Crippen LogP) is 4.11. The number of anilines is 1. The van der Waals surface area contributed by atoms with Crippen LogP contribution in [0.1, 0.15) is 50.8 Å². The lowest BCUT2D eigenvalue weighted by atomic mass is 9.95. The van der Waals surface area contributed by atoms with E-state index in [1.165, 1.54) is 37.9 Å². The molecule has 0 amide bonds. The first-order valence-electron chi connectivity index (χ1n) is 7.49. The number of rotatable bonds is 6. The molecule has 0 bridgehead atoms. The van der Waals surface area contributed by atoms with Crippen molar-refractivity contribution < 1.29 is 0 Å². The molecule has 0 radical (unpaired) electrons. The number of nitrogens with one attached hydrogen (secondary N) is 1. The highest BCUT2D eigenvalue weighted by molar-refractivity contribution is 7.98. The molecule has 0 aliphatic heterocycles. The van der Waals surface area contributed by atoms with Crippen LogP contribution in [0.4, 0.5) is 5.95 Å². The van der Waals surface area contributed by atoms with Gasteiger partial charge in [-0.3, -0.25) is 0 Å². The summed E-state index contributed by atoms with van der Waals surface area (Å²) in [5.74, 6) is 2.97. The van der Waals surface area contributed by atoms with Gasteiger partial charge in [0, 0.05) is 18.8 Å². The van der Waals surface area contributed by atoms with E-state index in [-0.39, 0.29) is 0 Å². The van der Waals surface area contributed by atoms with Crippen LogP contribution < -0.4 is 5.32 Å². The molecule has 1 heterocycles. The third kappa shape index (κ3) is 4.16. The Morgan fingerprint density at radius 2 is 2.16 bits per heavy atom. The van der Waals surface area contributed by atoms with E-state index in [2.05, 4.69) is 41.2 Å². The number of nitrogens with zero attached hydrogens (tertiary/aromatic N) is 2. The van der Waals surface area contributed by atoms with Crippen molar-refractivity contribution >= 4 is 17.7 Å². The fourth-order valence-electron chi connectivity index (χ4n) is 2.89. The SMILES string of the molecule is CSCC(C)CNc1nc(C)cn1C1CCCCC1. The van der Waals surface area contributed by atoms with Gasteiger partial charge < -0.3 is 9.88 Å². The Hall–Kier alpha value is -0.640. The van der Waals surface area contributed by atoms with Crippen LogP contribution in [0.2, 0.25) is 0 Å². The Morgan fingerprint density at radius 1 is 1.42 bits per heavy atom. The van der Waals surface area contributed by atoms with Gasteiger partial charge in [0.25, 0.3) is 0 Å². The van der Waals surface area contributed by atoms with E-state index in [0.717, 1.165) is 18.2 Å². The smallest absolute Gasteiger partial charge is 0.203 e. The maximum atomic E-state index is 4.66. The number of aromatic nitrogens is 2. The van der Waals surface area contributed by atoms with Gasteiger partial charge in [0.05, 0.1) is 5.69 Å². The average Bonchev–Trinajstić information content (AvgIpc) is 2.79. The Morgan fingerprint density at radius 3 is 2.84 bits per heavy atom. The summed E-state index contributed by atoms with van der Waals surface area (Å²) in [7, 11) is 0. The first kappa shape index (κ1) is 14.8. The lowest BCUT2D eigenvalue weighted by Crippen LogP contribution is -2.19. The van der Waals surface area contributed by atoms with E-state index in [0.29, 0.717) is 12.0 Å². The summed E-state index contributed by atoms with van der Waals surface area (Å²) in [5, 5.41) is 3.55. The molecule has 0 saturated heterocycles. The number of hydrogen-bond acceptors (Lipinski definition) is 3.